The van der Waals surface area contributed by atoms with Crippen LogP contribution in [-0.2, 0) is 16.0 Å². The minimum Gasteiger partial charge on any atom is -0.468 e. The number of carbonyl (C=O) groups excluding carboxylic acids is 1. The lowest BCUT2D eigenvalue weighted by Gasteiger charge is -2.09. The van der Waals surface area contributed by atoms with Crippen molar-refractivity contribution >= 4 is 36.6 Å². The van der Waals surface area contributed by atoms with E-state index in [4.69, 9.17) is 16.9 Å². The van der Waals surface area contributed by atoms with Gasteiger partial charge in [0.05, 0.1) is 7.11 Å². The Morgan fingerprint density at radius 2 is 1.83 bits per heavy atom. The van der Waals surface area contributed by atoms with E-state index in [-0.39, 0.29) is 30.6 Å². The number of amidine groups is 1. The zero-order valence-electron chi connectivity index (χ0n) is 9.88. The number of nitrogens with two attached hydrogens (primary N) is 2. The maximum atomic E-state index is 11.1. The molecule has 5 N–H and O–H groups in total. The van der Waals surface area contributed by atoms with Crippen molar-refractivity contribution in [2.45, 2.75) is 12.5 Å². The van der Waals surface area contributed by atoms with Gasteiger partial charge in [0.25, 0.3) is 0 Å². The normalized spacial score (nSPS) is 10.6. The summed E-state index contributed by atoms with van der Waals surface area (Å²) in [4.78, 5) is 11.1. The molecule has 1 aromatic carbocycles. The number of ether oxygens (including phenoxy) is 1. The Labute approximate surface area is 118 Å². The first-order valence-corrected chi connectivity index (χ1v) is 4.81. The first-order valence-electron chi connectivity index (χ1n) is 4.81. The van der Waals surface area contributed by atoms with Crippen LogP contribution in [0.2, 0.25) is 0 Å². The summed E-state index contributed by atoms with van der Waals surface area (Å²) >= 11 is 0. The number of nitrogens with one attached hydrogen (secondary N) is 1. The molecule has 0 aromatic heterocycles. The maximum Gasteiger partial charge on any atom is 0.322 e. The zero-order chi connectivity index (χ0) is 12.1. The average molecular weight is 294 g/mol. The standard InChI is InChI=1S/C11H15N3O2.2ClH/c1-16-11(15)9(12)6-7-2-4-8(5-3-7)10(13)14;;/h2-5,9H,6,12H2,1H3,(H3,13,14);2*1H/t9-;;/m0../s1. The Morgan fingerprint density at radius 3 is 2.22 bits per heavy atom. The summed E-state index contributed by atoms with van der Waals surface area (Å²) in [6.45, 7) is 0. The monoisotopic (exact) mass is 293 g/mol. The fourth-order valence-electron chi connectivity index (χ4n) is 1.31. The fourth-order valence-corrected chi connectivity index (χ4v) is 1.31. The molecule has 102 valence electrons. The molecule has 0 aliphatic rings. The molecule has 1 aromatic rings. The van der Waals surface area contributed by atoms with Crippen molar-refractivity contribution < 1.29 is 9.53 Å². The van der Waals surface area contributed by atoms with Gasteiger partial charge in [-0.15, -0.1) is 24.8 Å². The Bertz CT molecular complexity index is 396. The van der Waals surface area contributed by atoms with Crippen LogP contribution in [0, 0.1) is 5.41 Å². The lowest BCUT2D eigenvalue weighted by Crippen LogP contribution is -2.33. The van der Waals surface area contributed by atoms with Gasteiger partial charge in [-0.25, -0.2) is 0 Å². The van der Waals surface area contributed by atoms with Crippen molar-refractivity contribution in [3.63, 3.8) is 0 Å². The highest BCUT2D eigenvalue weighted by atomic mass is 35.5. The van der Waals surface area contributed by atoms with Gasteiger partial charge in [0.1, 0.15) is 11.9 Å². The maximum absolute atomic E-state index is 11.1. The highest BCUT2D eigenvalue weighted by Gasteiger charge is 2.13. The number of benzene rings is 1. The number of hydrogen-bond donors (Lipinski definition) is 3. The van der Waals surface area contributed by atoms with E-state index >= 15 is 0 Å². The van der Waals surface area contributed by atoms with Gasteiger partial charge >= 0.3 is 5.97 Å². The highest BCUT2D eigenvalue weighted by Crippen LogP contribution is 2.06. The molecule has 0 aliphatic heterocycles. The predicted molar refractivity (Wildman–Crippen MR) is 75.6 cm³/mol. The van der Waals surface area contributed by atoms with Crippen molar-refractivity contribution in [3.05, 3.63) is 35.4 Å². The van der Waals surface area contributed by atoms with Gasteiger partial charge in [-0.3, -0.25) is 10.2 Å². The zero-order valence-corrected chi connectivity index (χ0v) is 11.5. The van der Waals surface area contributed by atoms with Crippen LogP contribution in [-0.4, -0.2) is 25.0 Å². The summed E-state index contributed by atoms with van der Waals surface area (Å²) < 4.78 is 4.53. The fraction of sp³-hybridized carbons (Fsp3) is 0.273. The van der Waals surface area contributed by atoms with Gasteiger partial charge in [-0.1, -0.05) is 24.3 Å². The van der Waals surface area contributed by atoms with Crippen molar-refractivity contribution in [2.24, 2.45) is 11.5 Å². The second kappa shape index (κ2) is 8.74. The molecule has 0 fully saturated rings. The SMILES string of the molecule is COC(=O)[C@@H](N)Cc1ccc(C(=N)N)cc1.Cl.Cl. The number of esters is 1. The molecule has 0 bridgehead atoms. The van der Waals surface area contributed by atoms with Gasteiger partial charge in [0.2, 0.25) is 0 Å². The summed E-state index contributed by atoms with van der Waals surface area (Å²) in [5.74, 6) is -0.417. The lowest BCUT2D eigenvalue weighted by molar-refractivity contribution is -0.142. The summed E-state index contributed by atoms with van der Waals surface area (Å²) in [7, 11) is 1.31. The number of halogens is 2. The number of hydrogen-bond acceptors (Lipinski definition) is 4. The number of methoxy groups -OCH3 is 1. The Hall–Kier alpha value is -1.30. The quantitative estimate of drug-likeness (QED) is 0.435. The molecular formula is C11H17Cl2N3O2. The average Bonchev–Trinajstić information content (AvgIpc) is 2.28. The minimum absolute atomic E-state index is 0. The molecule has 0 aliphatic carbocycles. The van der Waals surface area contributed by atoms with Crippen molar-refractivity contribution in [1.82, 2.24) is 0 Å². The van der Waals surface area contributed by atoms with Crippen molar-refractivity contribution in [1.29, 1.82) is 5.41 Å². The van der Waals surface area contributed by atoms with Crippen LogP contribution in [0.25, 0.3) is 0 Å². The number of carbonyl (C=O) groups is 1. The third-order valence-corrected chi connectivity index (χ3v) is 2.22. The Morgan fingerprint density at radius 1 is 1.33 bits per heavy atom. The largest absolute Gasteiger partial charge is 0.468 e. The van der Waals surface area contributed by atoms with Crippen LogP contribution in [0.15, 0.2) is 24.3 Å². The predicted octanol–water partition coefficient (Wildman–Crippen LogP) is 0.857. The van der Waals surface area contributed by atoms with E-state index in [2.05, 4.69) is 4.74 Å². The van der Waals surface area contributed by atoms with Gasteiger partial charge in [0, 0.05) is 5.56 Å². The smallest absolute Gasteiger partial charge is 0.322 e. The van der Waals surface area contributed by atoms with Gasteiger partial charge in [0.15, 0.2) is 0 Å². The third kappa shape index (κ3) is 5.35. The van der Waals surface area contributed by atoms with E-state index in [1.165, 1.54) is 7.11 Å². The van der Waals surface area contributed by atoms with Crippen LogP contribution in [0.5, 0.6) is 0 Å². The molecule has 0 saturated heterocycles. The molecule has 0 amide bonds. The van der Waals surface area contributed by atoms with Gasteiger partial charge < -0.3 is 16.2 Å². The summed E-state index contributed by atoms with van der Waals surface area (Å²) in [5.41, 5.74) is 12.5. The van der Waals surface area contributed by atoms with Crippen LogP contribution in [0.3, 0.4) is 0 Å². The van der Waals surface area contributed by atoms with Crippen molar-refractivity contribution in [2.75, 3.05) is 7.11 Å². The van der Waals surface area contributed by atoms with E-state index in [9.17, 15) is 4.79 Å². The number of rotatable bonds is 4. The molecule has 1 atom stereocenters. The van der Waals surface area contributed by atoms with Gasteiger partial charge in [-0.2, -0.15) is 0 Å². The molecule has 0 spiro atoms. The van der Waals surface area contributed by atoms with Crippen molar-refractivity contribution in [3.8, 4) is 0 Å². The summed E-state index contributed by atoms with van der Waals surface area (Å²) in [6.07, 6.45) is 0.408. The van der Waals surface area contributed by atoms with Crippen LogP contribution in [0.4, 0.5) is 0 Å². The summed E-state index contributed by atoms with van der Waals surface area (Å²) in [5, 5.41) is 7.22. The number of nitrogen functional groups attached to an aromatic ring is 1. The minimum atomic E-state index is -0.659. The first-order chi connectivity index (χ1) is 7.54. The Balaban J connectivity index is 0. The molecule has 0 unspecified atom stereocenters. The topological polar surface area (TPSA) is 102 Å². The van der Waals surface area contributed by atoms with E-state index in [0.29, 0.717) is 12.0 Å². The van der Waals surface area contributed by atoms with E-state index in [1.54, 1.807) is 24.3 Å². The van der Waals surface area contributed by atoms with Crippen LogP contribution in [0.1, 0.15) is 11.1 Å². The first kappa shape index (κ1) is 19.0. The van der Waals surface area contributed by atoms with Crippen LogP contribution >= 0.6 is 24.8 Å². The third-order valence-electron chi connectivity index (χ3n) is 2.22. The molecule has 1 rings (SSSR count). The highest BCUT2D eigenvalue weighted by molar-refractivity contribution is 5.94. The molecule has 5 nitrogen and oxygen atoms in total. The molecule has 18 heavy (non-hydrogen) atoms. The molecule has 0 radical (unpaired) electrons. The molecule has 0 heterocycles. The molecule has 0 saturated carbocycles. The van der Waals surface area contributed by atoms with Crippen LogP contribution < -0.4 is 11.5 Å². The summed E-state index contributed by atoms with van der Waals surface area (Å²) in [6, 6.07) is 6.37. The lowest BCUT2D eigenvalue weighted by atomic mass is 10.0. The second-order valence-corrected chi connectivity index (χ2v) is 3.44. The van der Waals surface area contributed by atoms with E-state index in [1.807, 2.05) is 0 Å². The van der Waals surface area contributed by atoms with E-state index in [0.717, 1.165) is 5.56 Å². The Kier molecular flexibility index (Phi) is 9.25. The molecule has 7 heteroatoms. The van der Waals surface area contributed by atoms with E-state index < -0.39 is 12.0 Å². The van der Waals surface area contributed by atoms with Gasteiger partial charge in [-0.05, 0) is 12.0 Å². The molecular weight excluding hydrogens is 277 g/mol. The second-order valence-electron chi connectivity index (χ2n) is 3.44.